The zero-order valence-corrected chi connectivity index (χ0v) is 11.4. The van der Waals surface area contributed by atoms with Crippen molar-refractivity contribution in [3.05, 3.63) is 56.2 Å². The second-order valence-corrected chi connectivity index (χ2v) is 6.50. The van der Waals surface area contributed by atoms with Gasteiger partial charge in [-0.1, -0.05) is 24.3 Å². The third kappa shape index (κ3) is 2.03. The van der Waals surface area contributed by atoms with Crippen LogP contribution in [-0.2, 0) is 13.1 Å². The fourth-order valence-electron chi connectivity index (χ4n) is 2.06. The monoisotopic (exact) mass is 307 g/mol. The molecule has 0 radical (unpaired) electrons. The zero-order valence-electron chi connectivity index (χ0n) is 9.02. The van der Waals surface area contributed by atoms with Crippen LogP contribution in [0.3, 0.4) is 0 Å². The van der Waals surface area contributed by atoms with E-state index in [-0.39, 0.29) is 5.91 Å². The van der Waals surface area contributed by atoms with Gasteiger partial charge in [0.2, 0.25) is 0 Å². The SMILES string of the molecule is O=C(c1ccc(Br)s1)N1Cc2ccccc2C1. The molecule has 17 heavy (non-hydrogen) atoms. The smallest absolute Gasteiger partial charge is 0.264 e. The summed E-state index contributed by atoms with van der Waals surface area (Å²) in [5, 5.41) is 0. The summed E-state index contributed by atoms with van der Waals surface area (Å²) in [6.07, 6.45) is 0. The Labute approximate surface area is 112 Å². The molecule has 3 rings (SSSR count). The van der Waals surface area contributed by atoms with Crippen molar-refractivity contribution in [2.75, 3.05) is 0 Å². The molecule has 2 heterocycles. The Hall–Kier alpha value is -1.13. The number of benzene rings is 1. The highest BCUT2D eigenvalue weighted by molar-refractivity contribution is 9.11. The summed E-state index contributed by atoms with van der Waals surface area (Å²) < 4.78 is 0.998. The first-order valence-electron chi connectivity index (χ1n) is 5.35. The summed E-state index contributed by atoms with van der Waals surface area (Å²) in [7, 11) is 0. The molecule has 1 aliphatic heterocycles. The number of amides is 1. The van der Waals surface area contributed by atoms with Crippen LogP contribution in [0.25, 0.3) is 0 Å². The predicted molar refractivity (Wildman–Crippen MR) is 72.0 cm³/mol. The van der Waals surface area contributed by atoms with Crippen LogP contribution in [0, 0.1) is 0 Å². The standard InChI is InChI=1S/C13H10BrNOS/c14-12-6-5-11(17-12)13(16)15-7-9-3-1-2-4-10(9)8-15/h1-6H,7-8H2. The van der Waals surface area contributed by atoms with Crippen LogP contribution in [0.2, 0.25) is 0 Å². The number of carbonyl (C=O) groups is 1. The average molecular weight is 308 g/mol. The molecule has 0 saturated heterocycles. The molecule has 1 amide bonds. The van der Waals surface area contributed by atoms with E-state index in [0.717, 1.165) is 21.8 Å². The van der Waals surface area contributed by atoms with Gasteiger partial charge < -0.3 is 4.90 Å². The topological polar surface area (TPSA) is 20.3 Å². The van der Waals surface area contributed by atoms with Crippen molar-refractivity contribution in [1.82, 2.24) is 4.90 Å². The van der Waals surface area contributed by atoms with Gasteiger partial charge in [-0.05, 0) is 39.2 Å². The van der Waals surface area contributed by atoms with E-state index in [2.05, 4.69) is 28.1 Å². The Kier molecular flexibility index (Phi) is 2.76. The highest BCUT2D eigenvalue weighted by Crippen LogP contribution is 2.28. The molecule has 0 bridgehead atoms. The van der Waals surface area contributed by atoms with Gasteiger partial charge in [0.15, 0.2) is 0 Å². The summed E-state index contributed by atoms with van der Waals surface area (Å²) >= 11 is 4.87. The van der Waals surface area contributed by atoms with Crippen molar-refractivity contribution in [2.24, 2.45) is 0 Å². The molecule has 86 valence electrons. The molecular weight excluding hydrogens is 298 g/mol. The number of rotatable bonds is 1. The molecule has 0 N–H and O–H groups in total. The fourth-order valence-corrected chi connectivity index (χ4v) is 3.42. The molecule has 0 fully saturated rings. The molecule has 1 aromatic heterocycles. The summed E-state index contributed by atoms with van der Waals surface area (Å²) in [5.41, 5.74) is 2.52. The average Bonchev–Trinajstić information content (AvgIpc) is 2.93. The van der Waals surface area contributed by atoms with Crippen LogP contribution in [0.15, 0.2) is 40.2 Å². The Balaban J connectivity index is 1.83. The van der Waals surface area contributed by atoms with Crippen LogP contribution in [0.1, 0.15) is 20.8 Å². The summed E-state index contributed by atoms with van der Waals surface area (Å²) in [5.74, 6) is 0.122. The van der Waals surface area contributed by atoms with E-state index in [1.807, 2.05) is 29.2 Å². The van der Waals surface area contributed by atoms with E-state index in [9.17, 15) is 4.79 Å². The molecule has 0 spiro atoms. The van der Waals surface area contributed by atoms with Gasteiger partial charge in [-0.2, -0.15) is 0 Å². The number of carbonyl (C=O) groups excluding carboxylic acids is 1. The second-order valence-electron chi connectivity index (χ2n) is 4.03. The molecule has 0 unspecified atom stereocenters. The molecule has 2 nitrogen and oxygen atoms in total. The van der Waals surface area contributed by atoms with Crippen LogP contribution >= 0.6 is 27.3 Å². The highest BCUT2D eigenvalue weighted by Gasteiger charge is 2.24. The van der Waals surface area contributed by atoms with E-state index in [4.69, 9.17) is 0 Å². The van der Waals surface area contributed by atoms with E-state index < -0.39 is 0 Å². The third-order valence-corrected chi connectivity index (χ3v) is 4.52. The predicted octanol–water partition coefficient (Wildman–Crippen LogP) is 3.67. The van der Waals surface area contributed by atoms with E-state index in [1.165, 1.54) is 22.5 Å². The van der Waals surface area contributed by atoms with Gasteiger partial charge in [-0.15, -0.1) is 11.3 Å². The molecular formula is C13H10BrNOS. The Bertz CT molecular complexity index is 553. The van der Waals surface area contributed by atoms with Crippen LogP contribution in [0.4, 0.5) is 0 Å². The second kappa shape index (κ2) is 4.27. The molecule has 1 aliphatic rings. The maximum Gasteiger partial charge on any atom is 0.264 e. The first-order chi connectivity index (χ1) is 8.24. The number of halogens is 1. The van der Waals surface area contributed by atoms with Crippen LogP contribution < -0.4 is 0 Å². The molecule has 2 aromatic rings. The lowest BCUT2D eigenvalue weighted by atomic mass is 10.1. The van der Waals surface area contributed by atoms with E-state index in [0.29, 0.717) is 0 Å². The summed E-state index contributed by atoms with van der Waals surface area (Å²) in [6, 6.07) is 12.0. The first-order valence-corrected chi connectivity index (χ1v) is 6.96. The van der Waals surface area contributed by atoms with Gasteiger partial charge in [-0.25, -0.2) is 0 Å². The van der Waals surface area contributed by atoms with Crippen LogP contribution in [0.5, 0.6) is 0 Å². The Morgan fingerprint density at radius 1 is 1.12 bits per heavy atom. The van der Waals surface area contributed by atoms with Gasteiger partial charge in [0.1, 0.15) is 0 Å². The lowest BCUT2D eigenvalue weighted by molar-refractivity contribution is 0.0756. The quantitative estimate of drug-likeness (QED) is 0.787. The van der Waals surface area contributed by atoms with Crippen LogP contribution in [-0.4, -0.2) is 10.8 Å². The molecule has 4 heteroatoms. The minimum Gasteiger partial charge on any atom is -0.329 e. The first kappa shape index (κ1) is 11.0. The number of thiophene rings is 1. The number of hydrogen-bond donors (Lipinski definition) is 0. The third-order valence-electron chi connectivity index (χ3n) is 2.91. The van der Waals surface area contributed by atoms with Crippen molar-refractivity contribution in [3.8, 4) is 0 Å². The van der Waals surface area contributed by atoms with Crippen molar-refractivity contribution in [3.63, 3.8) is 0 Å². The van der Waals surface area contributed by atoms with Gasteiger partial charge in [-0.3, -0.25) is 4.79 Å². The minimum absolute atomic E-state index is 0.122. The number of nitrogens with zero attached hydrogens (tertiary/aromatic N) is 1. The molecule has 0 atom stereocenters. The van der Waals surface area contributed by atoms with Gasteiger partial charge in [0.05, 0.1) is 8.66 Å². The Morgan fingerprint density at radius 2 is 1.76 bits per heavy atom. The van der Waals surface area contributed by atoms with Crippen molar-refractivity contribution < 1.29 is 4.79 Å². The van der Waals surface area contributed by atoms with Gasteiger partial charge in [0, 0.05) is 13.1 Å². The molecule has 0 saturated carbocycles. The molecule has 0 aliphatic carbocycles. The van der Waals surface area contributed by atoms with Crippen molar-refractivity contribution in [2.45, 2.75) is 13.1 Å². The van der Waals surface area contributed by atoms with Crippen molar-refractivity contribution >= 4 is 33.2 Å². The number of fused-ring (bicyclic) bond motifs is 1. The minimum atomic E-state index is 0.122. The number of hydrogen-bond acceptors (Lipinski definition) is 2. The summed E-state index contributed by atoms with van der Waals surface area (Å²) in [4.78, 5) is 14.9. The lowest BCUT2D eigenvalue weighted by Crippen LogP contribution is -2.24. The van der Waals surface area contributed by atoms with E-state index >= 15 is 0 Å². The Morgan fingerprint density at radius 3 is 2.29 bits per heavy atom. The fraction of sp³-hybridized carbons (Fsp3) is 0.154. The molecule has 1 aromatic carbocycles. The summed E-state index contributed by atoms with van der Waals surface area (Å²) in [6.45, 7) is 1.45. The normalized spacial score (nSPS) is 13.8. The largest absolute Gasteiger partial charge is 0.329 e. The van der Waals surface area contributed by atoms with Crippen molar-refractivity contribution in [1.29, 1.82) is 0 Å². The van der Waals surface area contributed by atoms with Gasteiger partial charge in [0.25, 0.3) is 5.91 Å². The van der Waals surface area contributed by atoms with E-state index in [1.54, 1.807) is 0 Å². The lowest BCUT2D eigenvalue weighted by Gasteiger charge is -2.13. The highest BCUT2D eigenvalue weighted by atomic mass is 79.9. The maximum absolute atomic E-state index is 12.2. The van der Waals surface area contributed by atoms with Gasteiger partial charge >= 0.3 is 0 Å². The maximum atomic E-state index is 12.2. The zero-order chi connectivity index (χ0) is 11.8.